The van der Waals surface area contributed by atoms with Crippen LogP contribution < -0.4 is 11.1 Å². The molecule has 1 aromatic rings. The van der Waals surface area contributed by atoms with Crippen LogP contribution in [0, 0.1) is 0 Å². The molecule has 1 saturated heterocycles. The van der Waals surface area contributed by atoms with E-state index in [0.717, 1.165) is 31.7 Å². The predicted octanol–water partition coefficient (Wildman–Crippen LogP) is 1.12. The Balaban J connectivity index is 0.00000312. The second-order valence-corrected chi connectivity index (χ2v) is 6.92. The fourth-order valence-corrected chi connectivity index (χ4v) is 3.06. The molecule has 8 nitrogen and oxygen atoms in total. The van der Waals surface area contributed by atoms with Crippen molar-refractivity contribution in [3.05, 3.63) is 6.33 Å². The molecular formula is C15H27ClN6O2S. The summed E-state index contributed by atoms with van der Waals surface area (Å²) in [5, 5.41) is 6.73. The van der Waals surface area contributed by atoms with E-state index in [9.17, 15) is 9.59 Å². The Morgan fingerprint density at radius 1 is 1.32 bits per heavy atom. The fraction of sp³-hybridized carbons (Fsp3) is 0.733. The zero-order valence-corrected chi connectivity index (χ0v) is 16.2. The largest absolute Gasteiger partial charge is 0.341 e. The lowest BCUT2D eigenvalue weighted by molar-refractivity contribution is -0.132. The summed E-state index contributed by atoms with van der Waals surface area (Å²) >= 11 is 1.64. The van der Waals surface area contributed by atoms with Crippen molar-refractivity contribution in [1.82, 2.24) is 19.7 Å². The maximum absolute atomic E-state index is 12.3. The van der Waals surface area contributed by atoms with Crippen LogP contribution in [0.3, 0.4) is 0 Å². The summed E-state index contributed by atoms with van der Waals surface area (Å²) in [6.45, 7) is 1.75. The van der Waals surface area contributed by atoms with Crippen molar-refractivity contribution in [2.24, 2.45) is 5.73 Å². The topological polar surface area (TPSA) is 106 Å². The summed E-state index contributed by atoms with van der Waals surface area (Å²) in [5.41, 5.74) is 5.80. The van der Waals surface area contributed by atoms with Crippen LogP contribution >= 0.6 is 24.2 Å². The van der Waals surface area contributed by atoms with Gasteiger partial charge in [-0.25, -0.2) is 9.67 Å². The molecule has 2 rings (SSSR count). The third-order valence-electron chi connectivity index (χ3n) is 4.00. The van der Waals surface area contributed by atoms with E-state index in [2.05, 4.69) is 15.4 Å². The highest BCUT2D eigenvalue weighted by atomic mass is 35.5. The van der Waals surface area contributed by atoms with Gasteiger partial charge in [-0.1, -0.05) is 12.8 Å². The molecule has 2 heterocycles. The molecule has 1 atom stereocenters. The zero-order valence-electron chi connectivity index (χ0n) is 14.5. The number of nitrogens with two attached hydrogens (primary N) is 1. The lowest BCUT2D eigenvalue weighted by atomic mass is 10.2. The molecule has 0 radical (unpaired) electrons. The highest BCUT2D eigenvalue weighted by Gasteiger charge is 2.18. The molecule has 1 aliphatic heterocycles. The molecular weight excluding hydrogens is 364 g/mol. The van der Waals surface area contributed by atoms with E-state index >= 15 is 0 Å². The van der Waals surface area contributed by atoms with E-state index in [0.29, 0.717) is 6.42 Å². The van der Waals surface area contributed by atoms with E-state index in [1.165, 1.54) is 23.9 Å². The molecule has 25 heavy (non-hydrogen) atoms. The molecule has 1 aliphatic rings. The predicted molar refractivity (Wildman–Crippen MR) is 102 cm³/mol. The van der Waals surface area contributed by atoms with E-state index in [1.807, 2.05) is 11.2 Å². The Morgan fingerprint density at radius 3 is 2.64 bits per heavy atom. The van der Waals surface area contributed by atoms with Gasteiger partial charge in [0.2, 0.25) is 17.8 Å². The van der Waals surface area contributed by atoms with Crippen molar-refractivity contribution in [1.29, 1.82) is 0 Å². The number of halogens is 1. The smallest absolute Gasteiger partial charge is 0.248 e. The van der Waals surface area contributed by atoms with Crippen molar-refractivity contribution < 1.29 is 9.59 Å². The molecule has 0 unspecified atom stereocenters. The van der Waals surface area contributed by atoms with Gasteiger partial charge in [-0.3, -0.25) is 14.9 Å². The summed E-state index contributed by atoms with van der Waals surface area (Å²) in [7, 11) is 0. The van der Waals surface area contributed by atoms with Gasteiger partial charge in [0.05, 0.1) is 6.04 Å². The van der Waals surface area contributed by atoms with Crippen LogP contribution in [-0.2, 0) is 16.1 Å². The molecule has 142 valence electrons. The normalized spacial score (nSPS) is 15.8. The molecule has 1 fully saturated rings. The number of rotatable bonds is 7. The number of hydrogen-bond acceptors (Lipinski definition) is 6. The van der Waals surface area contributed by atoms with E-state index in [-0.39, 0.29) is 36.7 Å². The Kier molecular flexibility index (Phi) is 9.84. The standard InChI is InChI=1S/C15H26N6O2S.ClH/c1-24-9-6-12(16)14(23)18-15-17-11-21(19-15)10-13(22)20-7-4-2-3-5-8-20;/h11-12H,2-10,16H2,1H3,(H,18,19,23);1H/t12-;/m0./s1. The van der Waals surface area contributed by atoms with Gasteiger partial charge in [0, 0.05) is 13.1 Å². The van der Waals surface area contributed by atoms with Gasteiger partial charge in [0.15, 0.2) is 0 Å². The van der Waals surface area contributed by atoms with Gasteiger partial charge in [-0.2, -0.15) is 11.8 Å². The van der Waals surface area contributed by atoms with Gasteiger partial charge in [0.25, 0.3) is 0 Å². The number of carbonyl (C=O) groups is 2. The minimum atomic E-state index is -0.580. The third-order valence-corrected chi connectivity index (χ3v) is 4.64. The first-order valence-electron chi connectivity index (χ1n) is 8.32. The van der Waals surface area contributed by atoms with Crippen molar-refractivity contribution in [2.45, 2.75) is 44.7 Å². The number of nitrogens with one attached hydrogen (secondary N) is 1. The summed E-state index contributed by atoms with van der Waals surface area (Å²) in [6.07, 6.45) is 8.49. The van der Waals surface area contributed by atoms with Crippen LogP contribution in [0.25, 0.3) is 0 Å². The summed E-state index contributed by atoms with van der Waals surface area (Å²) in [4.78, 5) is 30.1. The van der Waals surface area contributed by atoms with Gasteiger partial charge < -0.3 is 10.6 Å². The Hall–Kier alpha value is -1.32. The number of nitrogens with zero attached hydrogens (tertiary/aromatic N) is 4. The average molecular weight is 391 g/mol. The van der Waals surface area contributed by atoms with Gasteiger partial charge in [-0.15, -0.1) is 17.5 Å². The fourth-order valence-electron chi connectivity index (χ4n) is 2.57. The van der Waals surface area contributed by atoms with Crippen molar-refractivity contribution in [3.63, 3.8) is 0 Å². The van der Waals surface area contributed by atoms with Crippen molar-refractivity contribution >= 4 is 41.9 Å². The molecule has 0 aliphatic carbocycles. The second kappa shape index (κ2) is 11.3. The number of likely N-dealkylation sites (tertiary alicyclic amines) is 1. The zero-order chi connectivity index (χ0) is 17.4. The first-order valence-corrected chi connectivity index (χ1v) is 9.72. The lowest BCUT2D eigenvalue weighted by Gasteiger charge is -2.19. The van der Waals surface area contributed by atoms with Crippen LogP contribution in [0.2, 0.25) is 0 Å². The highest BCUT2D eigenvalue weighted by molar-refractivity contribution is 7.98. The molecule has 2 amide bonds. The first kappa shape index (κ1) is 21.7. The number of hydrogen-bond donors (Lipinski definition) is 2. The average Bonchev–Trinajstić information content (AvgIpc) is 2.84. The van der Waals surface area contributed by atoms with Crippen molar-refractivity contribution in [2.75, 3.05) is 30.4 Å². The number of amides is 2. The van der Waals surface area contributed by atoms with Crippen molar-refractivity contribution in [3.8, 4) is 0 Å². The van der Waals surface area contributed by atoms with Gasteiger partial charge >= 0.3 is 0 Å². The van der Waals surface area contributed by atoms with E-state index in [1.54, 1.807) is 11.8 Å². The Morgan fingerprint density at radius 2 is 2.00 bits per heavy atom. The third kappa shape index (κ3) is 7.21. The summed E-state index contributed by atoms with van der Waals surface area (Å²) in [6, 6.07) is -0.580. The van der Waals surface area contributed by atoms with Gasteiger partial charge in [0.1, 0.15) is 12.9 Å². The quantitative estimate of drug-likeness (QED) is 0.722. The maximum Gasteiger partial charge on any atom is 0.248 e. The van der Waals surface area contributed by atoms with Gasteiger partial charge in [-0.05, 0) is 31.3 Å². The minimum absolute atomic E-state index is 0. The van der Waals surface area contributed by atoms with Crippen LogP contribution in [-0.4, -0.2) is 62.6 Å². The molecule has 0 aromatic carbocycles. The second-order valence-electron chi connectivity index (χ2n) is 5.94. The maximum atomic E-state index is 12.3. The van der Waals surface area contributed by atoms with Crippen LogP contribution in [0.4, 0.5) is 5.95 Å². The highest BCUT2D eigenvalue weighted by Crippen LogP contribution is 2.10. The van der Waals surface area contributed by atoms with Crippen LogP contribution in [0.15, 0.2) is 6.33 Å². The van der Waals surface area contributed by atoms with Crippen LogP contribution in [0.5, 0.6) is 0 Å². The Bertz CT molecular complexity index is 548. The lowest BCUT2D eigenvalue weighted by Crippen LogP contribution is -2.36. The Labute approximate surface area is 158 Å². The summed E-state index contributed by atoms with van der Waals surface area (Å²) < 4.78 is 1.45. The minimum Gasteiger partial charge on any atom is -0.341 e. The number of carbonyl (C=O) groups excluding carboxylic acids is 2. The van der Waals surface area contributed by atoms with E-state index in [4.69, 9.17) is 5.73 Å². The molecule has 0 bridgehead atoms. The van der Waals surface area contributed by atoms with Crippen LogP contribution in [0.1, 0.15) is 32.1 Å². The molecule has 10 heteroatoms. The molecule has 0 saturated carbocycles. The molecule has 0 spiro atoms. The summed E-state index contributed by atoms with van der Waals surface area (Å²) in [5.74, 6) is 0.737. The molecule has 1 aromatic heterocycles. The van der Waals surface area contributed by atoms with E-state index < -0.39 is 6.04 Å². The molecule has 3 N–H and O–H groups in total. The monoisotopic (exact) mass is 390 g/mol. The first-order chi connectivity index (χ1) is 11.6. The number of anilines is 1. The number of thioether (sulfide) groups is 1. The SMILES string of the molecule is CSCC[C@H](N)C(=O)Nc1ncn(CC(=O)N2CCCCCC2)n1.Cl. The number of aromatic nitrogens is 3.